The minimum atomic E-state index is -0.754. The smallest absolute Gasteiger partial charge is 0.223 e. The number of nitrogens with zero attached hydrogens (tertiary/aromatic N) is 1. The molecule has 0 radical (unpaired) electrons. The zero-order valence-electron chi connectivity index (χ0n) is 15.8. The van der Waals surface area contributed by atoms with E-state index in [1.165, 1.54) is 0 Å². The van der Waals surface area contributed by atoms with E-state index >= 15 is 0 Å². The standard InChI is InChI=1S/C21H27NO4/c1-15(16-8-10-18(25-3)11-9-16)12-21(24)22(2)14-20(23)17-6-5-7-19(13-17)26-4/h5-11,13,15,20,23H,12,14H2,1-4H3. The van der Waals surface area contributed by atoms with E-state index in [4.69, 9.17) is 9.47 Å². The second-order valence-corrected chi connectivity index (χ2v) is 6.45. The van der Waals surface area contributed by atoms with E-state index in [9.17, 15) is 9.90 Å². The molecule has 0 aliphatic carbocycles. The first kappa shape index (κ1) is 19.8. The van der Waals surface area contributed by atoms with Crippen LogP contribution in [-0.2, 0) is 4.79 Å². The van der Waals surface area contributed by atoms with E-state index < -0.39 is 6.10 Å². The van der Waals surface area contributed by atoms with Crippen molar-refractivity contribution in [1.29, 1.82) is 0 Å². The van der Waals surface area contributed by atoms with E-state index in [2.05, 4.69) is 0 Å². The fraction of sp³-hybridized carbons (Fsp3) is 0.381. The third-order valence-electron chi connectivity index (χ3n) is 4.52. The molecule has 0 aliphatic heterocycles. The summed E-state index contributed by atoms with van der Waals surface area (Å²) in [6.07, 6.45) is -0.372. The molecular formula is C21H27NO4. The molecule has 2 rings (SSSR count). The zero-order valence-corrected chi connectivity index (χ0v) is 15.8. The van der Waals surface area contributed by atoms with Crippen LogP contribution in [0, 0.1) is 0 Å². The summed E-state index contributed by atoms with van der Waals surface area (Å²) in [7, 11) is 4.93. The van der Waals surface area contributed by atoms with Crippen molar-refractivity contribution in [3.63, 3.8) is 0 Å². The first-order valence-corrected chi connectivity index (χ1v) is 8.64. The number of hydrogen-bond donors (Lipinski definition) is 1. The maximum absolute atomic E-state index is 12.5. The number of carbonyl (C=O) groups is 1. The number of aliphatic hydroxyl groups excluding tert-OH is 1. The SMILES string of the molecule is COc1ccc(C(C)CC(=O)N(C)CC(O)c2cccc(OC)c2)cc1. The minimum Gasteiger partial charge on any atom is -0.497 e. The molecule has 2 atom stereocenters. The molecule has 5 heteroatoms. The predicted octanol–water partition coefficient (Wildman–Crippen LogP) is 3.39. The summed E-state index contributed by atoms with van der Waals surface area (Å²) in [6.45, 7) is 2.26. The summed E-state index contributed by atoms with van der Waals surface area (Å²) in [6, 6.07) is 15.0. The van der Waals surface area contributed by atoms with Gasteiger partial charge in [-0.2, -0.15) is 0 Å². The van der Waals surface area contributed by atoms with Gasteiger partial charge in [-0.05, 0) is 41.3 Å². The van der Waals surface area contributed by atoms with Crippen LogP contribution in [0.4, 0.5) is 0 Å². The van der Waals surface area contributed by atoms with Crippen molar-refractivity contribution in [3.05, 3.63) is 59.7 Å². The van der Waals surface area contributed by atoms with E-state index in [1.807, 2.05) is 49.4 Å². The lowest BCUT2D eigenvalue weighted by Gasteiger charge is -2.23. The van der Waals surface area contributed by atoms with Gasteiger partial charge in [0.25, 0.3) is 0 Å². The Balaban J connectivity index is 1.93. The number of aliphatic hydroxyl groups is 1. The molecule has 140 valence electrons. The van der Waals surface area contributed by atoms with Crippen molar-refractivity contribution in [3.8, 4) is 11.5 Å². The molecule has 0 aromatic heterocycles. The largest absolute Gasteiger partial charge is 0.497 e. The molecule has 0 bridgehead atoms. The van der Waals surface area contributed by atoms with Crippen LogP contribution in [-0.4, -0.2) is 43.7 Å². The number of hydrogen-bond acceptors (Lipinski definition) is 4. The summed E-state index contributed by atoms with van der Waals surface area (Å²) in [5.74, 6) is 1.56. The van der Waals surface area contributed by atoms with Crippen LogP contribution >= 0.6 is 0 Å². The van der Waals surface area contributed by atoms with E-state index in [0.717, 1.165) is 16.9 Å². The highest BCUT2D eigenvalue weighted by molar-refractivity contribution is 5.76. The fourth-order valence-corrected chi connectivity index (χ4v) is 2.78. The molecule has 5 nitrogen and oxygen atoms in total. The van der Waals surface area contributed by atoms with Gasteiger partial charge in [0.15, 0.2) is 0 Å². The topological polar surface area (TPSA) is 59.0 Å². The van der Waals surface area contributed by atoms with Gasteiger partial charge in [0.2, 0.25) is 5.91 Å². The van der Waals surface area contributed by atoms with Crippen LogP contribution in [0.3, 0.4) is 0 Å². The average Bonchev–Trinajstić information content (AvgIpc) is 2.67. The average molecular weight is 357 g/mol. The second-order valence-electron chi connectivity index (χ2n) is 6.45. The monoisotopic (exact) mass is 357 g/mol. The van der Waals surface area contributed by atoms with Gasteiger partial charge in [-0.1, -0.05) is 31.2 Å². The summed E-state index contributed by atoms with van der Waals surface area (Å²) in [4.78, 5) is 14.1. The summed E-state index contributed by atoms with van der Waals surface area (Å²) in [5.41, 5.74) is 1.81. The molecule has 0 saturated heterocycles. The number of carbonyl (C=O) groups excluding carboxylic acids is 1. The van der Waals surface area contributed by atoms with Crippen molar-refractivity contribution in [2.24, 2.45) is 0 Å². The minimum absolute atomic E-state index is 0.00439. The molecule has 0 spiro atoms. The molecule has 2 aromatic rings. The molecule has 0 saturated carbocycles. The van der Waals surface area contributed by atoms with Gasteiger partial charge in [-0.25, -0.2) is 0 Å². The van der Waals surface area contributed by atoms with Crippen LogP contribution in [0.25, 0.3) is 0 Å². The summed E-state index contributed by atoms with van der Waals surface area (Å²) < 4.78 is 10.3. The molecule has 1 amide bonds. The Hall–Kier alpha value is -2.53. The normalized spacial score (nSPS) is 13.0. The van der Waals surface area contributed by atoms with Gasteiger partial charge in [0, 0.05) is 13.5 Å². The maximum Gasteiger partial charge on any atom is 0.223 e. The third-order valence-corrected chi connectivity index (χ3v) is 4.52. The van der Waals surface area contributed by atoms with Crippen molar-refractivity contribution in [2.45, 2.75) is 25.4 Å². The van der Waals surface area contributed by atoms with Gasteiger partial charge in [-0.3, -0.25) is 4.79 Å². The van der Waals surface area contributed by atoms with Crippen LogP contribution in [0.2, 0.25) is 0 Å². The van der Waals surface area contributed by atoms with E-state index in [1.54, 1.807) is 32.2 Å². The third kappa shape index (κ3) is 5.23. The Morgan fingerprint density at radius 2 is 1.69 bits per heavy atom. The van der Waals surface area contributed by atoms with Crippen molar-refractivity contribution >= 4 is 5.91 Å². The fourth-order valence-electron chi connectivity index (χ4n) is 2.78. The Labute approximate surface area is 155 Å². The van der Waals surface area contributed by atoms with Gasteiger partial charge in [-0.15, -0.1) is 0 Å². The molecule has 0 aliphatic rings. The quantitative estimate of drug-likeness (QED) is 0.787. The lowest BCUT2D eigenvalue weighted by molar-refractivity contribution is -0.131. The van der Waals surface area contributed by atoms with Crippen LogP contribution in [0.15, 0.2) is 48.5 Å². The Morgan fingerprint density at radius 3 is 2.31 bits per heavy atom. The number of amides is 1. The maximum atomic E-state index is 12.5. The number of likely N-dealkylation sites (N-methyl/N-ethyl adjacent to an activating group) is 1. The van der Waals surface area contributed by atoms with Crippen LogP contribution in [0.5, 0.6) is 11.5 Å². The molecule has 2 aromatic carbocycles. The lowest BCUT2D eigenvalue weighted by atomic mass is 9.97. The van der Waals surface area contributed by atoms with E-state index in [0.29, 0.717) is 12.2 Å². The summed E-state index contributed by atoms with van der Waals surface area (Å²) >= 11 is 0. The summed E-state index contributed by atoms with van der Waals surface area (Å²) in [5, 5.41) is 10.4. The number of ether oxygens (including phenoxy) is 2. The van der Waals surface area contributed by atoms with Crippen molar-refractivity contribution in [1.82, 2.24) is 4.90 Å². The van der Waals surface area contributed by atoms with Crippen LogP contribution < -0.4 is 9.47 Å². The Kier molecular flexibility index (Phi) is 7.04. The predicted molar refractivity (Wildman–Crippen MR) is 102 cm³/mol. The number of methoxy groups -OCH3 is 2. The molecular weight excluding hydrogens is 330 g/mol. The van der Waals surface area contributed by atoms with Crippen molar-refractivity contribution < 1.29 is 19.4 Å². The number of benzene rings is 2. The first-order chi connectivity index (χ1) is 12.4. The lowest BCUT2D eigenvalue weighted by Crippen LogP contribution is -2.31. The van der Waals surface area contributed by atoms with Crippen LogP contribution in [0.1, 0.15) is 36.5 Å². The highest BCUT2D eigenvalue weighted by Gasteiger charge is 2.18. The molecule has 0 heterocycles. The highest BCUT2D eigenvalue weighted by Crippen LogP contribution is 2.24. The van der Waals surface area contributed by atoms with Gasteiger partial charge in [0.05, 0.1) is 26.9 Å². The molecule has 2 unspecified atom stereocenters. The number of rotatable bonds is 8. The first-order valence-electron chi connectivity index (χ1n) is 8.64. The molecule has 0 fully saturated rings. The Morgan fingerprint density at radius 1 is 1.04 bits per heavy atom. The molecule has 1 N–H and O–H groups in total. The van der Waals surface area contributed by atoms with Crippen molar-refractivity contribution in [2.75, 3.05) is 27.8 Å². The Bertz CT molecular complexity index is 714. The second kappa shape index (κ2) is 9.25. The molecule has 26 heavy (non-hydrogen) atoms. The highest BCUT2D eigenvalue weighted by atomic mass is 16.5. The van der Waals surface area contributed by atoms with E-state index in [-0.39, 0.29) is 18.4 Å². The van der Waals surface area contributed by atoms with Gasteiger partial charge >= 0.3 is 0 Å². The van der Waals surface area contributed by atoms with Gasteiger partial charge in [0.1, 0.15) is 11.5 Å². The zero-order chi connectivity index (χ0) is 19.1. The van der Waals surface area contributed by atoms with Gasteiger partial charge < -0.3 is 19.5 Å².